The number of rotatable bonds is 12. The van der Waals surface area contributed by atoms with Gasteiger partial charge >= 0.3 is 12.2 Å². The van der Waals surface area contributed by atoms with Crippen LogP contribution in [0.25, 0.3) is 22.2 Å². The van der Waals surface area contributed by atoms with Crippen LogP contribution in [0.4, 0.5) is 15.3 Å². The molecule has 1 heterocycles. The molecular weight excluding hydrogens is 649 g/mol. The number of carbonyl (C=O) groups is 2. The van der Waals surface area contributed by atoms with E-state index in [4.69, 9.17) is 14.5 Å². The zero-order chi connectivity index (χ0) is 36.5. The highest BCUT2D eigenvalue weighted by Gasteiger charge is 2.23. The zero-order valence-electron chi connectivity index (χ0n) is 31.1. The van der Waals surface area contributed by atoms with Crippen LogP contribution in [0.2, 0.25) is 0 Å². The third-order valence-corrected chi connectivity index (χ3v) is 9.60. The molecule has 2 amide bonds. The van der Waals surface area contributed by atoms with Crippen LogP contribution in [-0.2, 0) is 24.1 Å². The predicted octanol–water partition coefficient (Wildman–Crippen LogP) is 10.5. The molecule has 0 unspecified atom stereocenters. The van der Waals surface area contributed by atoms with Gasteiger partial charge in [0.05, 0.1) is 11.0 Å². The van der Waals surface area contributed by atoms with E-state index in [2.05, 4.69) is 65.3 Å². The molecule has 1 saturated carbocycles. The molecule has 6 rings (SSSR count). The summed E-state index contributed by atoms with van der Waals surface area (Å²) in [7, 11) is 0. The number of imidazole rings is 1. The number of benzene rings is 4. The van der Waals surface area contributed by atoms with Gasteiger partial charge in [-0.2, -0.15) is 0 Å². The topological polar surface area (TPSA) is 85.7 Å². The number of unbranched alkanes of at least 4 members (excludes halogenated alkanes) is 1. The highest BCUT2D eigenvalue weighted by atomic mass is 16.7. The largest absolute Gasteiger partial charge is 0.514 e. The first kappa shape index (κ1) is 36.7. The molecule has 52 heavy (non-hydrogen) atoms. The fraction of sp³-hybridized carbons (Fsp3) is 0.386. The number of ether oxygens (including phenoxy) is 2. The second-order valence-corrected chi connectivity index (χ2v) is 14.8. The highest BCUT2D eigenvalue weighted by molar-refractivity contribution is 5.94. The van der Waals surface area contributed by atoms with E-state index in [1.165, 1.54) is 12.0 Å². The Labute approximate surface area is 308 Å². The van der Waals surface area contributed by atoms with Crippen LogP contribution in [0.15, 0.2) is 97.1 Å². The molecule has 5 aromatic rings. The van der Waals surface area contributed by atoms with Gasteiger partial charge in [-0.3, -0.25) is 4.90 Å². The number of para-hydroxylation sites is 1. The maximum absolute atomic E-state index is 13.9. The van der Waals surface area contributed by atoms with E-state index in [9.17, 15) is 9.59 Å². The summed E-state index contributed by atoms with van der Waals surface area (Å²) in [6, 6.07) is 32.6. The maximum Gasteiger partial charge on any atom is 0.514 e. The van der Waals surface area contributed by atoms with Crippen molar-refractivity contribution in [3.05, 3.63) is 114 Å². The molecule has 8 nitrogen and oxygen atoms in total. The predicted molar refractivity (Wildman–Crippen MR) is 209 cm³/mol. The Morgan fingerprint density at radius 2 is 1.60 bits per heavy atom. The molecule has 1 N–H and O–H groups in total. The van der Waals surface area contributed by atoms with Crippen molar-refractivity contribution in [3.8, 4) is 16.9 Å². The quantitative estimate of drug-likeness (QED) is 0.103. The van der Waals surface area contributed by atoms with Crippen LogP contribution in [0.1, 0.15) is 89.6 Å². The van der Waals surface area contributed by atoms with Crippen LogP contribution >= 0.6 is 0 Å². The van der Waals surface area contributed by atoms with Gasteiger partial charge in [0.2, 0.25) is 0 Å². The smallest absolute Gasteiger partial charge is 0.428 e. The molecule has 0 bridgehead atoms. The van der Waals surface area contributed by atoms with Gasteiger partial charge in [-0.1, -0.05) is 105 Å². The van der Waals surface area contributed by atoms with E-state index >= 15 is 0 Å². The van der Waals surface area contributed by atoms with Crippen LogP contribution in [0.3, 0.4) is 0 Å². The van der Waals surface area contributed by atoms with Crippen molar-refractivity contribution in [1.82, 2.24) is 14.9 Å². The molecule has 8 heteroatoms. The molecule has 0 aliphatic heterocycles. The maximum atomic E-state index is 13.9. The van der Waals surface area contributed by atoms with E-state index in [1.807, 2.05) is 68.1 Å². The van der Waals surface area contributed by atoms with Crippen molar-refractivity contribution in [2.45, 2.75) is 104 Å². The number of hydrogen-bond acceptors (Lipinski definition) is 5. The number of urea groups is 1. The Balaban J connectivity index is 1.28. The summed E-state index contributed by atoms with van der Waals surface area (Å²) in [5.41, 5.74) is 6.23. The Kier molecular flexibility index (Phi) is 11.9. The summed E-state index contributed by atoms with van der Waals surface area (Å²) in [5.74, 6) is 1.49. The molecule has 1 aliphatic rings. The normalized spacial score (nSPS) is 13.5. The molecule has 0 atom stereocenters. The van der Waals surface area contributed by atoms with Crippen LogP contribution < -0.4 is 15.0 Å². The van der Waals surface area contributed by atoms with Crippen LogP contribution in [0.5, 0.6) is 5.75 Å². The van der Waals surface area contributed by atoms with Crippen molar-refractivity contribution in [3.63, 3.8) is 0 Å². The fourth-order valence-corrected chi connectivity index (χ4v) is 6.89. The Morgan fingerprint density at radius 3 is 2.33 bits per heavy atom. The van der Waals surface area contributed by atoms with Gasteiger partial charge in [0.1, 0.15) is 17.2 Å². The summed E-state index contributed by atoms with van der Waals surface area (Å²) < 4.78 is 13.3. The van der Waals surface area contributed by atoms with Gasteiger partial charge < -0.3 is 19.4 Å². The average molecular weight is 701 g/mol. The molecule has 0 saturated heterocycles. The third kappa shape index (κ3) is 9.60. The first-order valence-corrected chi connectivity index (χ1v) is 18.9. The fourth-order valence-electron chi connectivity index (χ4n) is 6.89. The first-order chi connectivity index (χ1) is 25.2. The van der Waals surface area contributed by atoms with Crippen molar-refractivity contribution >= 4 is 28.9 Å². The van der Waals surface area contributed by atoms with Gasteiger partial charge in [0.25, 0.3) is 0 Å². The SMILES string of the molecule is CCCCc1nc2ccc(N(CCc3ccccc3)C(=O)NC3CCCCC3)cc2n1Cc1ccc(-c2ccccc2OC(=O)OC(C)(C)C)cc1. The number of nitrogens with one attached hydrogen (secondary N) is 1. The van der Waals surface area contributed by atoms with Crippen LogP contribution in [-0.4, -0.2) is 39.9 Å². The molecule has 1 aliphatic carbocycles. The van der Waals surface area contributed by atoms with Crippen molar-refractivity contribution in [2.24, 2.45) is 0 Å². The molecule has 1 aromatic heterocycles. The van der Waals surface area contributed by atoms with E-state index in [0.29, 0.717) is 18.8 Å². The lowest BCUT2D eigenvalue weighted by molar-refractivity contribution is 0.0207. The van der Waals surface area contributed by atoms with Gasteiger partial charge in [0, 0.05) is 36.8 Å². The summed E-state index contributed by atoms with van der Waals surface area (Å²) >= 11 is 0. The second kappa shape index (κ2) is 16.9. The lowest BCUT2D eigenvalue weighted by Crippen LogP contribution is -2.46. The summed E-state index contributed by atoms with van der Waals surface area (Å²) in [6.07, 6.45) is 8.64. The summed E-state index contributed by atoms with van der Waals surface area (Å²) in [6.45, 7) is 8.85. The number of aryl methyl sites for hydroxylation is 1. The second-order valence-electron chi connectivity index (χ2n) is 14.8. The minimum Gasteiger partial charge on any atom is -0.428 e. The molecular formula is C44H52N4O4. The number of aromatic nitrogens is 2. The minimum absolute atomic E-state index is 0.0361. The van der Waals surface area contributed by atoms with Gasteiger partial charge in [-0.25, -0.2) is 14.6 Å². The van der Waals surface area contributed by atoms with Gasteiger partial charge in [-0.05, 0) is 87.4 Å². The monoisotopic (exact) mass is 700 g/mol. The lowest BCUT2D eigenvalue weighted by Gasteiger charge is -2.28. The number of carbonyl (C=O) groups excluding carboxylic acids is 2. The number of hydrogen-bond donors (Lipinski definition) is 1. The number of anilines is 1. The Hall–Kier alpha value is -5.11. The summed E-state index contributed by atoms with van der Waals surface area (Å²) in [5, 5.41) is 3.36. The molecule has 272 valence electrons. The Bertz CT molecular complexity index is 1940. The van der Waals surface area contributed by atoms with E-state index in [1.54, 1.807) is 6.07 Å². The number of nitrogens with zero attached hydrogens (tertiary/aromatic N) is 3. The zero-order valence-corrected chi connectivity index (χ0v) is 31.1. The highest BCUT2D eigenvalue weighted by Crippen LogP contribution is 2.32. The third-order valence-electron chi connectivity index (χ3n) is 9.60. The van der Waals surface area contributed by atoms with Gasteiger partial charge in [0.15, 0.2) is 0 Å². The van der Waals surface area contributed by atoms with Crippen molar-refractivity contribution in [1.29, 1.82) is 0 Å². The lowest BCUT2D eigenvalue weighted by atomic mass is 9.96. The van der Waals surface area contributed by atoms with E-state index in [-0.39, 0.29) is 12.1 Å². The van der Waals surface area contributed by atoms with E-state index < -0.39 is 11.8 Å². The molecule has 1 fully saturated rings. The van der Waals surface area contributed by atoms with Crippen LogP contribution in [0, 0.1) is 0 Å². The minimum atomic E-state index is -0.729. The van der Waals surface area contributed by atoms with Crippen molar-refractivity contribution < 1.29 is 19.1 Å². The first-order valence-electron chi connectivity index (χ1n) is 18.9. The van der Waals surface area contributed by atoms with Gasteiger partial charge in [-0.15, -0.1) is 0 Å². The average Bonchev–Trinajstić information content (AvgIpc) is 3.47. The standard InChI is InChI=1S/C44H52N4O4/c1-5-6-21-41-46-38-27-26-36(47(29-28-32-15-9-7-10-16-32)42(49)45-35-17-11-8-12-18-35)30-39(38)48(41)31-33-22-24-34(25-23-33)37-19-13-14-20-40(37)51-43(50)52-44(2,3)4/h7,9-10,13-16,19-20,22-27,30,35H,5-6,8,11-12,17-18,21,28-29,31H2,1-4H3,(H,45,49). The number of amides is 2. The van der Waals surface area contributed by atoms with E-state index in [0.717, 1.165) is 90.6 Å². The van der Waals surface area contributed by atoms with Crippen molar-refractivity contribution in [2.75, 3.05) is 11.4 Å². The molecule has 0 spiro atoms. The Morgan fingerprint density at radius 1 is 0.865 bits per heavy atom. The molecule has 4 aromatic carbocycles. The molecule has 0 radical (unpaired) electrons. The number of fused-ring (bicyclic) bond motifs is 1. The summed E-state index contributed by atoms with van der Waals surface area (Å²) in [4.78, 5) is 33.4.